The van der Waals surface area contributed by atoms with Crippen LogP contribution in [0.3, 0.4) is 0 Å². The van der Waals surface area contributed by atoms with Gasteiger partial charge in [-0.2, -0.15) is 0 Å². The summed E-state index contributed by atoms with van der Waals surface area (Å²) in [6.07, 6.45) is 8.94. The van der Waals surface area contributed by atoms with E-state index in [2.05, 4.69) is 17.6 Å². The molecule has 18 heavy (non-hydrogen) atoms. The largest absolute Gasteiger partial charge is 0.352 e. The zero-order chi connectivity index (χ0) is 11.8. The zero-order valence-electron chi connectivity index (χ0n) is 11.2. The smallest absolute Gasteiger partial charge is 0.237 e. The highest BCUT2D eigenvalue weighted by atomic mass is 35.5. The van der Waals surface area contributed by atoms with Crippen molar-refractivity contribution in [2.24, 2.45) is 11.8 Å². The molecule has 1 saturated heterocycles. The summed E-state index contributed by atoms with van der Waals surface area (Å²) in [4.78, 5) is 12.2. The molecule has 0 aromatic rings. The number of halogens is 1. The maximum atomic E-state index is 12.2. The lowest BCUT2D eigenvalue weighted by molar-refractivity contribution is -0.123. The molecule has 4 heteroatoms. The maximum Gasteiger partial charge on any atom is 0.237 e. The second-order valence-corrected chi connectivity index (χ2v) is 6.24. The highest BCUT2D eigenvalue weighted by Crippen LogP contribution is 2.34. The lowest BCUT2D eigenvalue weighted by Gasteiger charge is -2.24. The normalized spacial score (nSPS) is 36.4. The monoisotopic (exact) mass is 272 g/mol. The SMILES string of the molecule is CC(NC(=O)C1CC2CCCCC2N1)C1CC1.Cl. The van der Waals surface area contributed by atoms with Crippen LogP contribution in [0.4, 0.5) is 0 Å². The molecule has 0 spiro atoms. The van der Waals surface area contributed by atoms with Gasteiger partial charge >= 0.3 is 0 Å². The predicted molar refractivity (Wildman–Crippen MR) is 74.9 cm³/mol. The molecule has 0 aromatic heterocycles. The highest BCUT2D eigenvalue weighted by Gasteiger charge is 2.39. The standard InChI is InChI=1S/C14H24N2O.ClH/c1-9(10-6-7-10)15-14(17)13-8-11-4-2-3-5-12(11)16-13;/h9-13,16H,2-8H2,1H3,(H,15,17);1H. The van der Waals surface area contributed by atoms with Gasteiger partial charge in [0, 0.05) is 12.1 Å². The number of hydrogen-bond donors (Lipinski definition) is 2. The Labute approximate surface area is 116 Å². The summed E-state index contributed by atoms with van der Waals surface area (Å²) in [7, 11) is 0. The van der Waals surface area contributed by atoms with Crippen LogP contribution in [0.25, 0.3) is 0 Å². The van der Waals surface area contributed by atoms with Crippen molar-refractivity contribution in [1.82, 2.24) is 10.6 Å². The molecule has 104 valence electrons. The number of amides is 1. The third kappa shape index (κ3) is 3.00. The highest BCUT2D eigenvalue weighted by molar-refractivity contribution is 5.85. The summed E-state index contributed by atoms with van der Waals surface area (Å²) < 4.78 is 0. The second kappa shape index (κ2) is 5.79. The summed E-state index contributed by atoms with van der Waals surface area (Å²) in [5.41, 5.74) is 0. The van der Waals surface area contributed by atoms with E-state index in [1.807, 2.05) is 0 Å². The lowest BCUT2D eigenvalue weighted by Crippen LogP contribution is -2.46. The van der Waals surface area contributed by atoms with E-state index < -0.39 is 0 Å². The first-order valence-corrected chi connectivity index (χ1v) is 7.30. The summed E-state index contributed by atoms with van der Waals surface area (Å²) in [5, 5.41) is 6.74. The first kappa shape index (κ1) is 14.1. The van der Waals surface area contributed by atoms with E-state index in [1.54, 1.807) is 0 Å². The lowest BCUT2D eigenvalue weighted by atomic mass is 9.85. The molecule has 0 aromatic carbocycles. The van der Waals surface area contributed by atoms with E-state index in [4.69, 9.17) is 0 Å². The van der Waals surface area contributed by atoms with Gasteiger partial charge in [0.2, 0.25) is 5.91 Å². The molecule has 1 heterocycles. The first-order chi connectivity index (χ1) is 8.24. The Morgan fingerprint density at radius 2 is 1.94 bits per heavy atom. The Bertz CT molecular complexity index is 292. The van der Waals surface area contributed by atoms with E-state index in [0.717, 1.165) is 18.3 Å². The van der Waals surface area contributed by atoms with Crippen LogP contribution in [-0.4, -0.2) is 24.0 Å². The Morgan fingerprint density at radius 3 is 2.61 bits per heavy atom. The van der Waals surface area contributed by atoms with Gasteiger partial charge in [-0.15, -0.1) is 12.4 Å². The Kier molecular flexibility index (Phi) is 4.54. The van der Waals surface area contributed by atoms with Gasteiger partial charge in [0.15, 0.2) is 0 Å². The van der Waals surface area contributed by atoms with Crippen molar-refractivity contribution in [3.05, 3.63) is 0 Å². The van der Waals surface area contributed by atoms with Crippen molar-refractivity contribution in [3.63, 3.8) is 0 Å². The maximum absolute atomic E-state index is 12.2. The molecule has 2 N–H and O–H groups in total. The molecule has 0 radical (unpaired) electrons. The summed E-state index contributed by atoms with van der Waals surface area (Å²) in [6.45, 7) is 2.15. The van der Waals surface area contributed by atoms with Crippen LogP contribution >= 0.6 is 12.4 Å². The Hall–Kier alpha value is -0.280. The summed E-state index contributed by atoms with van der Waals surface area (Å²) in [5.74, 6) is 1.76. The predicted octanol–water partition coefficient (Wildman–Crippen LogP) is 2.24. The van der Waals surface area contributed by atoms with Crippen LogP contribution in [0.2, 0.25) is 0 Å². The van der Waals surface area contributed by atoms with Crippen LogP contribution in [0, 0.1) is 11.8 Å². The fourth-order valence-electron chi connectivity index (χ4n) is 3.56. The number of hydrogen-bond acceptors (Lipinski definition) is 2. The molecule has 3 fully saturated rings. The van der Waals surface area contributed by atoms with Gasteiger partial charge < -0.3 is 10.6 Å². The van der Waals surface area contributed by atoms with Crippen LogP contribution in [0.1, 0.15) is 51.9 Å². The fraction of sp³-hybridized carbons (Fsp3) is 0.929. The third-order valence-corrected chi connectivity index (χ3v) is 4.88. The molecule has 3 aliphatic rings. The van der Waals surface area contributed by atoms with Gasteiger partial charge in [0.1, 0.15) is 0 Å². The van der Waals surface area contributed by atoms with Crippen molar-refractivity contribution >= 4 is 18.3 Å². The molecule has 2 saturated carbocycles. The summed E-state index contributed by atoms with van der Waals surface area (Å²) in [6, 6.07) is 1.09. The zero-order valence-corrected chi connectivity index (χ0v) is 12.0. The van der Waals surface area contributed by atoms with Crippen molar-refractivity contribution in [2.75, 3.05) is 0 Å². The average molecular weight is 273 g/mol. The molecular weight excluding hydrogens is 248 g/mol. The average Bonchev–Trinajstić information content (AvgIpc) is 3.08. The van der Waals surface area contributed by atoms with Gasteiger partial charge in [0.25, 0.3) is 0 Å². The molecular formula is C14H25ClN2O. The Balaban J connectivity index is 0.00000120. The summed E-state index contributed by atoms with van der Waals surface area (Å²) >= 11 is 0. The van der Waals surface area contributed by atoms with Crippen molar-refractivity contribution < 1.29 is 4.79 Å². The van der Waals surface area contributed by atoms with Crippen LogP contribution in [0.5, 0.6) is 0 Å². The van der Waals surface area contributed by atoms with E-state index in [-0.39, 0.29) is 24.4 Å². The second-order valence-electron chi connectivity index (χ2n) is 6.24. The number of carbonyl (C=O) groups excluding carboxylic acids is 1. The fourth-order valence-corrected chi connectivity index (χ4v) is 3.56. The third-order valence-electron chi connectivity index (χ3n) is 4.88. The van der Waals surface area contributed by atoms with Crippen LogP contribution in [0.15, 0.2) is 0 Å². The minimum absolute atomic E-state index is 0. The van der Waals surface area contributed by atoms with Gasteiger partial charge in [-0.3, -0.25) is 4.79 Å². The van der Waals surface area contributed by atoms with Crippen molar-refractivity contribution in [2.45, 2.75) is 70.0 Å². The quantitative estimate of drug-likeness (QED) is 0.827. The molecule has 2 aliphatic carbocycles. The van der Waals surface area contributed by atoms with E-state index in [1.165, 1.54) is 38.5 Å². The first-order valence-electron chi connectivity index (χ1n) is 7.30. The molecule has 3 nitrogen and oxygen atoms in total. The molecule has 0 bridgehead atoms. The minimum atomic E-state index is 0. The van der Waals surface area contributed by atoms with Crippen molar-refractivity contribution in [1.29, 1.82) is 0 Å². The van der Waals surface area contributed by atoms with E-state index >= 15 is 0 Å². The van der Waals surface area contributed by atoms with Crippen LogP contribution < -0.4 is 10.6 Å². The van der Waals surface area contributed by atoms with Crippen molar-refractivity contribution in [3.8, 4) is 0 Å². The van der Waals surface area contributed by atoms with Gasteiger partial charge in [-0.1, -0.05) is 12.8 Å². The molecule has 4 unspecified atom stereocenters. The van der Waals surface area contributed by atoms with E-state index in [9.17, 15) is 4.79 Å². The van der Waals surface area contributed by atoms with Gasteiger partial charge in [-0.05, 0) is 50.9 Å². The van der Waals surface area contributed by atoms with Gasteiger partial charge in [-0.25, -0.2) is 0 Å². The van der Waals surface area contributed by atoms with Crippen LogP contribution in [-0.2, 0) is 4.79 Å². The number of rotatable bonds is 3. The number of nitrogens with one attached hydrogen (secondary N) is 2. The minimum Gasteiger partial charge on any atom is -0.352 e. The number of carbonyl (C=O) groups is 1. The van der Waals surface area contributed by atoms with E-state index in [0.29, 0.717) is 12.1 Å². The van der Waals surface area contributed by atoms with Gasteiger partial charge in [0.05, 0.1) is 6.04 Å². The molecule has 3 rings (SSSR count). The molecule has 1 amide bonds. The molecule has 4 atom stereocenters. The Morgan fingerprint density at radius 1 is 1.22 bits per heavy atom. The molecule has 1 aliphatic heterocycles. The topological polar surface area (TPSA) is 41.1 Å². The number of fused-ring (bicyclic) bond motifs is 1.